The zero-order chi connectivity index (χ0) is 21.3. The van der Waals surface area contributed by atoms with Crippen LogP contribution in [0.4, 0.5) is 4.39 Å². The largest absolute Gasteiger partial charge is 0.328 e. The molecule has 2 fully saturated rings. The van der Waals surface area contributed by atoms with Crippen molar-refractivity contribution < 1.29 is 14.0 Å². The van der Waals surface area contributed by atoms with Gasteiger partial charge in [-0.2, -0.15) is 0 Å². The molecule has 0 N–H and O–H groups in total. The molecule has 1 saturated heterocycles. The maximum atomic E-state index is 13.7. The van der Waals surface area contributed by atoms with Gasteiger partial charge in [-0.05, 0) is 61.8 Å². The fourth-order valence-corrected chi connectivity index (χ4v) is 4.65. The first-order valence-corrected chi connectivity index (χ1v) is 10.8. The number of halogens is 1. The number of nitrogens with zero attached hydrogens (tertiary/aromatic N) is 2. The van der Waals surface area contributed by atoms with Gasteiger partial charge in [-0.3, -0.25) is 9.59 Å². The van der Waals surface area contributed by atoms with E-state index in [2.05, 4.69) is 6.92 Å². The van der Waals surface area contributed by atoms with Gasteiger partial charge in [0.05, 0.1) is 0 Å². The van der Waals surface area contributed by atoms with Crippen molar-refractivity contribution >= 4 is 11.8 Å². The Morgan fingerprint density at radius 3 is 2.20 bits per heavy atom. The maximum Gasteiger partial charge on any atom is 0.250 e. The van der Waals surface area contributed by atoms with Crippen molar-refractivity contribution in [1.29, 1.82) is 0 Å². The molecule has 1 unspecified atom stereocenters. The molecule has 1 aliphatic heterocycles. The van der Waals surface area contributed by atoms with E-state index in [1.165, 1.54) is 12.1 Å². The number of amides is 2. The van der Waals surface area contributed by atoms with E-state index in [4.69, 9.17) is 0 Å². The van der Waals surface area contributed by atoms with Crippen molar-refractivity contribution in [2.24, 2.45) is 5.92 Å². The normalized spacial score (nSPS) is 25.0. The van der Waals surface area contributed by atoms with Crippen LogP contribution in [0, 0.1) is 18.7 Å². The Kier molecular flexibility index (Phi) is 5.89. The molecule has 2 aromatic carbocycles. The molecule has 2 aliphatic rings. The fourth-order valence-electron chi connectivity index (χ4n) is 4.65. The van der Waals surface area contributed by atoms with E-state index in [1.54, 1.807) is 17.0 Å². The van der Waals surface area contributed by atoms with E-state index in [9.17, 15) is 14.0 Å². The molecule has 0 radical (unpaired) electrons. The summed E-state index contributed by atoms with van der Waals surface area (Å²) in [6.45, 7) is 4.67. The van der Waals surface area contributed by atoms with Crippen molar-refractivity contribution in [3.63, 3.8) is 0 Å². The summed E-state index contributed by atoms with van der Waals surface area (Å²) in [4.78, 5) is 30.4. The van der Waals surface area contributed by atoms with Gasteiger partial charge in [0.1, 0.15) is 18.4 Å². The number of hydrogen-bond donors (Lipinski definition) is 0. The van der Waals surface area contributed by atoms with Gasteiger partial charge >= 0.3 is 0 Å². The number of carbonyl (C=O) groups excluding carboxylic acids is 2. The third kappa shape index (κ3) is 4.25. The number of aryl methyl sites for hydroxylation is 1. The molecule has 5 heteroatoms. The molecule has 30 heavy (non-hydrogen) atoms. The van der Waals surface area contributed by atoms with Gasteiger partial charge in [-0.25, -0.2) is 4.39 Å². The molecule has 2 aromatic rings. The summed E-state index contributed by atoms with van der Waals surface area (Å²) in [5.74, 6) is 0.315. The predicted octanol–water partition coefficient (Wildman–Crippen LogP) is 4.62. The Balaban J connectivity index is 1.65. The second-order valence-corrected chi connectivity index (χ2v) is 8.84. The first-order valence-electron chi connectivity index (χ1n) is 10.8. The minimum atomic E-state index is -0.642. The molecule has 1 heterocycles. The Bertz CT molecular complexity index is 902. The van der Waals surface area contributed by atoms with E-state index < -0.39 is 6.04 Å². The van der Waals surface area contributed by atoms with Crippen LogP contribution in [0.25, 0.3) is 0 Å². The number of benzene rings is 2. The topological polar surface area (TPSA) is 40.6 Å². The molecule has 4 rings (SSSR count). The van der Waals surface area contributed by atoms with Gasteiger partial charge < -0.3 is 9.80 Å². The van der Waals surface area contributed by atoms with Crippen LogP contribution in [0.3, 0.4) is 0 Å². The van der Waals surface area contributed by atoms with Crippen molar-refractivity contribution in [3.05, 3.63) is 71.0 Å². The minimum Gasteiger partial charge on any atom is -0.328 e. The van der Waals surface area contributed by atoms with Crippen LogP contribution in [-0.4, -0.2) is 34.2 Å². The van der Waals surface area contributed by atoms with Crippen LogP contribution in [0.2, 0.25) is 0 Å². The monoisotopic (exact) mass is 408 g/mol. The van der Waals surface area contributed by atoms with Crippen molar-refractivity contribution in [2.45, 2.75) is 58.2 Å². The highest BCUT2D eigenvalue weighted by Gasteiger charge is 2.43. The number of carbonyl (C=O) groups is 2. The standard InChI is InChI=1S/C25H29FN2O2/c1-17-3-9-20(10-4-17)24-25(30)27(22-13-5-18(2)6-14-22)16-23(29)28(24)15-19-7-11-21(26)12-8-19/h3-4,7-12,18,22,24H,5-6,13-16H2,1-2H3. The number of rotatable bonds is 4. The fraction of sp³-hybridized carbons (Fsp3) is 0.440. The Morgan fingerprint density at radius 1 is 0.933 bits per heavy atom. The van der Waals surface area contributed by atoms with Crippen LogP contribution in [0.15, 0.2) is 48.5 Å². The Labute approximate surface area is 177 Å². The number of hydrogen-bond acceptors (Lipinski definition) is 2. The molecular weight excluding hydrogens is 379 g/mol. The first-order chi connectivity index (χ1) is 14.4. The molecule has 0 aromatic heterocycles. The smallest absolute Gasteiger partial charge is 0.250 e. The summed E-state index contributed by atoms with van der Waals surface area (Å²) in [5, 5.41) is 0. The van der Waals surface area contributed by atoms with Crippen LogP contribution in [0.1, 0.15) is 55.3 Å². The van der Waals surface area contributed by atoms with E-state index in [0.717, 1.165) is 42.4 Å². The van der Waals surface area contributed by atoms with E-state index in [0.29, 0.717) is 12.5 Å². The molecule has 1 saturated carbocycles. The van der Waals surface area contributed by atoms with Gasteiger partial charge in [-0.1, -0.05) is 48.9 Å². The highest BCUT2D eigenvalue weighted by molar-refractivity contribution is 5.95. The quantitative estimate of drug-likeness (QED) is 0.740. The molecule has 4 nitrogen and oxygen atoms in total. The lowest BCUT2D eigenvalue weighted by atomic mass is 9.85. The van der Waals surface area contributed by atoms with Crippen LogP contribution in [-0.2, 0) is 16.1 Å². The van der Waals surface area contributed by atoms with Gasteiger partial charge in [0.15, 0.2) is 0 Å². The summed E-state index contributed by atoms with van der Waals surface area (Å²) in [7, 11) is 0. The summed E-state index contributed by atoms with van der Waals surface area (Å²) in [6, 6.07) is 13.5. The van der Waals surface area contributed by atoms with Crippen molar-refractivity contribution in [3.8, 4) is 0 Å². The second-order valence-electron chi connectivity index (χ2n) is 8.84. The molecule has 0 bridgehead atoms. The van der Waals surface area contributed by atoms with Gasteiger partial charge in [0.2, 0.25) is 5.91 Å². The van der Waals surface area contributed by atoms with Gasteiger partial charge in [0, 0.05) is 12.6 Å². The third-order valence-corrected chi connectivity index (χ3v) is 6.54. The summed E-state index contributed by atoms with van der Waals surface area (Å²) >= 11 is 0. The van der Waals surface area contributed by atoms with Gasteiger partial charge in [-0.15, -0.1) is 0 Å². The predicted molar refractivity (Wildman–Crippen MR) is 114 cm³/mol. The highest BCUT2D eigenvalue weighted by atomic mass is 19.1. The molecule has 2 amide bonds. The molecule has 1 aliphatic carbocycles. The third-order valence-electron chi connectivity index (χ3n) is 6.54. The minimum absolute atomic E-state index is 0.000109. The zero-order valence-corrected chi connectivity index (χ0v) is 17.7. The second kappa shape index (κ2) is 8.58. The number of piperazine rings is 1. The average Bonchev–Trinajstić information content (AvgIpc) is 2.74. The Hall–Kier alpha value is -2.69. The van der Waals surface area contributed by atoms with Crippen molar-refractivity contribution in [2.75, 3.05) is 6.54 Å². The molecular formula is C25H29FN2O2. The summed E-state index contributed by atoms with van der Waals surface area (Å²) in [6.07, 6.45) is 4.10. The molecule has 158 valence electrons. The van der Waals surface area contributed by atoms with Gasteiger partial charge in [0.25, 0.3) is 5.91 Å². The van der Waals surface area contributed by atoms with Crippen LogP contribution in [0.5, 0.6) is 0 Å². The molecule has 1 atom stereocenters. The first kappa shape index (κ1) is 20.6. The lowest BCUT2D eigenvalue weighted by Crippen LogP contribution is -2.58. The maximum absolute atomic E-state index is 13.7. The van der Waals surface area contributed by atoms with Crippen LogP contribution < -0.4 is 0 Å². The van der Waals surface area contributed by atoms with Crippen molar-refractivity contribution in [1.82, 2.24) is 9.80 Å². The lowest BCUT2D eigenvalue weighted by Gasteiger charge is -2.45. The Morgan fingerprint density at radius 2 is 1.57 bits per heavy atom. The lowest BCUT2D eigenvalue weighted by molar-refractivity contribution is -0.160. The summed E-state index contributed by atoms with van der Waals surface area (Å²) in [5.41, 5.74) is 2.75. The average molecular weight is 409 g/mol. The van der Waals surface area contributed by atoms with E-state index >= 15 is 0 Å². The highest BCUT2D eigenvalue weighted by Crippen LogP contribution is 2.34. The van der Waals surface area contributed by atoms with E-state index in [-0.39, 0.29) is 30.2 Å². The van der Waals surface area contributed by atoms with Crippen LogP contribution >= 0.6 is 0 Å². The SMILES string of the molecule is Cc1ccc(C2C(=O)N(C3CCC(C)CC3)CC(=O)N2Cc2ccc(F)cc2)cc1. The van der Waals surface area contributed by atoms with E-state index in [1.807, 2.05) is 36.1 Å². The zero-order valence-electron chi connectivity index (χ0n) is 17.7. The molecule has 0 spiro atoms. The summed E-state index contributed by atoms with van der Waals surface area (Å²) < 4.78 is 13.3.